The van der Waals surface area contributed by atoms with Gasteiger partial charge in [0.25, 0.3) is 0 Å². The predicted molar refractivity (Wildman–Crippen MR) is 111 cm³/mol. The van der Waals surface area contributed by atoms with Crippen LogP contribution in [0.3, 0.4) is 0 Å². The van der Waals surface area contributed by atoms with Crippen molar-refractivity contribution in [3.8, 4) is 0 Å². The highest BCUT2D eigenvalue weighted by molar-refractivity contribution is 5.79. The number of nitrogens with one attached hydrogen (secondary N) is 2. The largest absolute Gasteiger partial charge is 0.388 e. The second kappa shape index (κ2) is 10.4. The molecule has 7 heteroatoms. The number of benzene rings is 1. The lowest BCUT2D eigenvalue weighted by Crippen LogP contribution is -2.38. The topological polar surface area (TPSA) is 86.8 Å². The summed E-state index contributed by atoms with van der Waals surface area (Å²) in [6.07, 6.45) is 3.84. The molecule has 0 fully saturated rings. The van der Waals surface area contributed by atoms with Crippen LogP contribution < -0.4 is 10.6 Å². The molecule has 0 aliphatic rings. The van der Waals surface area contributed by atoms with Gasteiger partial charge in [-0.1, -0.05) is 36.4 Å². The smallest absolute Gasteiger partial charge is 0.191 e. The molecule has 0 saturated heterocycles. The van der Waals surface area contributed by atoms with E-state index >= 15 is 0 Å². The van der Waals surface area contributed by atoms with E-state index in [1.807, 2.05) is 66.1 Å². The van der Waals surface area contributed by atoms with Crippen molar-refractivity contribution < 1.29 is 5.11 Å². The average Bonchev–Trinajstić information content (AvgIpc) is 3.15. The standard InChI is InChI=1S/C21H28N6O/c1-2-22-21(24-15-13-18(28)17-9-4-3-5-10-17)23-14-8-12-20-26-25-19-11-6-7-16-27(19)20/h3-7,9-11,16,18,28H,2,8,12-15H2,1H3,(H2,22,23,24). The molecule has 0 aliphatic carbocycles. The monoisotopic (exact) mass is 380 g/mol. The van der Waals surface area contributed by atoms with Crippen molar-refractivity contribution in [1.29, 1.82) is 0 Å². The third-order valence-electron chi connectivity index (χ3n) is 4.45. The zero-order valence-electron chi connectivity index (χ0n) is 16.3. The number of nitrogens with zero attached hydrogens (tertiary/aromatic N) is 4. The summed E-state index contributed by atoms with van der Waals surface area (Å²) < 4.78 is 2.01. The predicted octanol–water partition coefficient (Wildman–Crippen LogP) is 2.34. The fourth-order valence-corrected chi connectivity index (χ4v) is 3.00. The highest BCUT2D eigenvalue weighted by Gasteiger charge is 2.07. The minimum absolute atomic E-state index is 0.474. The first kappa shape index (κ1) is 19.8. The number of aliphatic imine (C=N–C) groups is 1. The van der Waals surface area contributed by atoms with Crippen LogP contribution >= 0.6 is 0 Å². The number of hydrogen-bond acceptors (Lipinski definition) is 4. The molecule has 7 nitrogen and oxygen atoms in total. The van der Waals surface area contributed by atoms with E-state index in [-0.39, 0.29) is 0 Å². The van der Waals surface area contributed by atoms with Gasteiger partial charge in [-0.25, -0.2) is 0 Å². The Bertz CT molecular complexity index is 877. The maximum atomic E-state index is 10.3. The normalized spacial score (nSPS) is 12.9. The molecule has 1 aromatic carbocycles. The summed E-state index contributed by atoms with van der Waals surface area (Å²) in [5.74, 6) is 1.73. The molecule has 1 atom stereocenters. The van der Waals surface area contributed by atoms with Gasteiger partial charge < -0.3 is 15.7 Å². The molecule has 2 heterocycles. The molecule has 3 N–H and O–H groups in total. The fraction of sp³-hybridized carbons (Fsp3) is 0.381. The zero-order chi connectivity index (χ0) is 19.6. The van der Waals surface area contributed by atoms with Crippen molar-refractivity contribution in [1.82, 2.24) is 25.2 Å². The van der Waals surface area contributed by atoms with Crippen LogP contribution in [0.5, 0.6) is 0 Å². The molecule has 0 aliphatic heterocycles. The molecular weight excluding hydrogens is 352 g/mol. The molecule has 0 amide bonds. The third kappa shape index (κ3) is 5.53. The van der Waals surface area contributed by atoms with Gasteiger partial charge in [0.1, 0.15) is 5.82 Å². The Hall–Kier alpha value is -2.93. The highest BCUT2D eigenvalue weighted by Crippen LogP contribution is 2.14. The minimum atomic E-state index is -0.474. The number of aliphatic hydroxyl groups is 1. The van der Waals surface area contributed by atoms with Crippen molar-refractivity contribution in [2.45, 2.75) is 32.3 Å². The van der Waals surface area contributed by atoms with E-state index in [1.54, 1.807) is 0 Å². The summed E-state index contributed by atoms with van der Waals surface area (Å²) >= 11 is 0. The lowest BCUT2D eigenvalue weighted by Gasteiger charge is -2.14. The summed E-state index contributed by atoms with van der Waals surface area (Å²) in [5.41, 5.74) is 1.81. The van der Waals surface area contributed by atoms with Crippen LogP contribution in [0.15, 0.2) is 59.7 Å². The molecule has 1 unspecified atom stereocenters. The van der Waals surface area contributed by atoms with Gasteiger partial charge in [0.05, 0.1) is 6.10 Å². The van der Waals surface area contributed by atoms with E-state index in [0.717, 1.165) is 42.4 Å². The Morgan fingerprint density at radius 1 is 1.11 bits per heavy atom. The van der Waals surface area contributed by atoms with E-state index in [9.17, 15) is 5.11 Å². The van der Waals surface area contributed by atoms with E-state index in [2.05, 4.69) is 25.8 Å². The van der Waals surface area contributed by atoms with Gasteiger partial charge in [-0.3, -0.25) is 9.39 Å². The summed E-state index contributed by atoms with van der Waals surface area (Å²) in [4.78, 5) is 4.62. The molecule has 0 saturated carbocycles. The van der Waals surface area contributed by atoms with Crippen LogP contribution in [-0.2, 0) is 6.42 Å². The lowest BCUT2D eigenvalue weighted by atomic mass is 10.1. The first-order valence-electron chi connectivity index (χ1n) is 9.81. The Kier molecular flexibility index (Phi) is 7.37. The van der Waals surface area contributed by atoms with Gasteiger partial charge in [0.15, 0.2) is 11.6 Å². The van der Waals surface area contributed by atoms with Crippen LogP contribution in [0.4, 0.5) is 0 Å². The van der Waals surface area contributed by atoms with E-state index in [1.165, 1.54) is 0 Å². The first-order chi connectivity index (χ1) is 13.8. The van der Waals surface area contributed by atoms with E-state index in [0.29, 0.717) is 19.5 Å². The van der Waals surface area contributed by atoms with Crippen molar-refractivity contribution in [3.05, 3.63) is 66.1 Å². The second-order valence-electron chi connectivity index (χ2n) is 6.55. The van der Waals surface area contributed by atoms with Crippen molar-refractivity contribution >= 4 is 11.6 Å². The molecule has 0 radical (unpaired) electrons. The summed E-state index contributed by atoms with van der Waals surface area (Å²) in [7, 11) is 0. The molecular formula is C21H28N6O. The Balaban J connectivity index is 1.44. The first-order valence-corrected chi connectivity index (χ1v) is 9.81. The number of aliphatic hydroxyl groups excluding tert-OH is 1. The third-order valence-corrected chi connectivity index (χ3v) is 4.45. The Morgan fingerprint density at radius 3 is 2.75 bits per heavy atom. The number of rotatable bonds is 9. The summed E-state index contributed by atoms with van der Waals surface area (Å²) in [5, 5.41) is 25.2. The highest BCUT2D eigenvalue weighted by atomic mass is 16.3. The Morgan fingerprint density at radius 2 is 1.93 bits per heavy atom. The zero-order valence-corrected chi connectivity index (χ0v) is 16.3. The van der Waals surface area contributed by atoms with Gasteiger partial charge in [-0.2, -0.15) is 0 Å². The molecule has 0 bridgehead atoms. The molecule has 2 aromatic heterocycles. The Labute approximate surface area is 165 Å². The van der Waals surface area contributed by atoms with Gasteiger partial charge in [-0.15, -0.1) is 10.2 Å². The maximum Gasteiger partial charge on any atom is 0.191 e. The average molecular weight is 380 g/mol. The lowest BCUT2D eigenvalue weighted by molar-refractivity contribution is 0.168. The van der Waals surface area contributed by atoms with Gasteiger partial charge in [0.2, 0.25) is 0 Å². The minimum Gasteiger partial charge on any atom is -0.388 e. The fourth-order valence-electron chi connectivity index (χ4n) is 3.00. The summed E-state index contributed by atoms with van der Waals surface area (Å²) in [6.45, 7) is 4.18. The molecule has 148 valence electrons. The molecule has 3 rings (SSSR count). The van der Waals surface area contributed by atoms with Gasteiger partial charge in [0, 0.05) is 32.3 Å². The van der Waals surface area contributed by atoms with Crippen molar-refractivity contribution in [2.24, 2.45) is 4.99 Å². The van der Waals surface area contributed by atoms with Crippen LogP contribution in [0, 0.1) is 0 Å². The van der Waals surface area contributed by atoms with E-state index < -0.39 is 6.10 Å². The number of pyridine rings is 1. The SMILES string of the molecule is CCNC(=NCCCc1nnc2ccccn12)NCCC(O)c1ccccc1. The van der Waals surface area contributed by atoms with Gasteiger partial charge >= 0.3 is 0 Å². The van der Waals surface area contributed by atoms with Crippen LogP contribution in [0.25, 0.3) is 5.65 Å². The van der Waals surface area contributed by atoms with E-state index in [4.69, 9.17) is 0 Å². The van der Waals surface area contributed by atoms with Gasteiger partial charge in [-0.05, 0) is 37.5 Å². The molecule has 3 aromatic rings. The van der Waals surface area contributed by atoms with Crippen LogP contribution in [0.2, 0.25) is 0 Å². The van der Waals surface area contributed by atoms with Crippen LogP contribution in [0.1, 0.15) is 37.3 Å². The second-order valence-corrected chi connectivity index (χ2v) is 6.55. The number of guanidine groups is 1. The molecule has 28 heavy (non-hydrogen) atoms. The number of aromatic nitrogens is 3. The summed E-state index contributed by atoms with van der Waals surface area (Å²) in [6, 6.07) is 15.6. The quantitative estimate of drug-likeness (QED) is 0.301. The maximum absolute atomic E-state index is 10.3. The number of hydrogen-bond donors (Lipinski definition) is 3. The van der Waals surface area contributed by atoms with Crippen LogP contribution in [-0.4, -0.2) is 45.3 Å². The number of aryl methyl sites for hydroxylation is 1. The molecule has 0 spiro atoms. The van der Waals surface area contributed by atoms with Crippen molar-refractivity contribution in [2.75, 3.05) is 19.6 Å². The van der Waals surface area contributed by atoms with Crippen molar-refractivity contribution in [3.63, 3.8) is 0 Å². The number of fused-ring (bicyclic) bond motifs is 1.